The molecule has 104 valence electrons. The summed E-state index contributed by atoms with van der Waals surface area (Å²) in [6.07, 6.45) is 8.65. The van der Waals surface area contributed by atoms with Gasteiger partial charge in [-0.15, -0.1) is 0 Å². The van der Waals surface area contributed by atoms with Crippen LogP contribution in [-0.2, 0) is 14.6 Å². The Labute approximate surface area is 109 Å². The van der Waals surface area contributed by atoms with Crippen molar-refractivity contribution in [3.63, 3.8) is 0 Å². The highest BCUT2D eigenvalue weighted by atomic mass is 32.2. The number of rotatable bonds is 7. The van der Waals surface area contributed by atoms with Crippen molar-refractivity contribution in [2.45, 2.75) is 51.4 Å². The first-order valence-electron chi connectivity index (χ1n) is 6.60. The standard InChI is InChI=1S/C13H22O4S/c14-13(15)7-5-3-1-2-4-6-12-8-10-18(16,17)11-9-12/h6H,1-5,7-11H2,(H,14,15). The monoisotopic (exact) mass is 274 g/mol. The molecule has 0 spiro atoms. The maximum absolute atomic E-state index is 11.2. The fraction of sp³-hybridized carbons (Fsp3) is 0.769. The highest BCUT2D eigenvalue weighted by Crippen LogP contribution is 2.19. The van der Waals surface area contributed by atoms with Gasteiger partial charge in [0.2, 0.25) is 0 Å². The largest absolute Gasteiger partial charge is 0.481 e. The molecule has 1 saturated heterocycles. The number of hydrogen-bond acceptors (Lipinski definition) is 3. The van der Waals surface area contributed by atoms with Crippen LogP contribution >= 0.6 is 0 Å². The van der Waals surface area contributed by atoms with Crippen molar-refractivity contribution in [3.05, 3.63) is 11.6 Å². The number of hydrogen-bond donors (Lipinski definition) is 1. The Morgan fingerprint density at radius 3 is 2.33 bits per heavy atom. The SMILES string of the molecule is O=C(O)CCCCCCC=C1CCS(=O)(=O)CC1. The van der Waals surface area contributed by atoms with Gasteiger partial charge in [0.1, 0.15) is 0 Å². The van der Waals surface area contributed by atoms with Crippen LogP contribution in [0.2, 0.25) is 0 Å². The zero-order valence-electron chi connectivity index (χ0n) is 10.7. The van der Waals surface area contributed by atoms with Crippen LogP contribution in [0.5, 0.6) is 0 Å². The lowest BCUT2D eigenvalue weighted by atomic mass is 10.1. The lowest BCUT2D eigenvalue weighted by Crippen LogP contribution is -2.17. The van der Waals surface area contributed by atoms with E-state index in [4.69, 9.17) is 5.11 Å². The molecule has 4 nitrogen and oxygen atoms in total. The average molecular weight is 274 g/mol. The molecule has 1 aliphatic rings. The Hall–Kier alpha value is -0.840. The van der Waals surface area contributed by atoms with E-state index < -0.39 is 15.8 Å². The van der Waals surface area contributed by atoms with Crippen LogP contribution < -0.4 is 0 Å². The quantitative estimate of drug-likeness (QED) is 0.572. The second-order valence-electron chi connectivity index (χ2n) is 4.86. The molecule has 1 rings (SSSR count). The molecule has 18 heavy (non-hydrogen) atoms. The van der Waals surface area contributed by atoms with Crippen molar-refractivity contribution in [2.75, 3.05) is 11.5 Å². The van der Waals surface area contributed by atoms with Gasteiger partial charge in [-0.2, -0.15) is 0 Å². The van der Waals surface area contributed by atoms with Gasteiger partial charge >= 0.3 is 5.97 Å². The first-order valence-corrected chi connectivity index (χ1v) is 8.42. The topological polar surface area (TPSA) is 71.4 Å². The number of sulfone groups is 1. The minimum atomic E-state index is -2.76. The summed E-state index contributed by atoms with van der Waals surface area (Å²) in [6, 6.07) is 0. The van der Waals surface area contributed by atoms with Gasteiger partial charge in [0.25, 0.3) is 0 Å². The van der Waals surface area contributed by atoms with Crippen molar-refractivity contribution in [2.24, 2.45) is 0 Å². The third-order valence-electron chi connectivity index (χ3n) is 3.25. The smallest absolute Gasteiger partial charge is 0.303 e. The molecular weight excluding hydrogens is 252 g/mol. The first-order chi connectivity index (χ1) is 8.49. The maximum Gasteiger partial charge on any atom is 0.303 e. The summed E-state index contributed by atoms with van der Waals surface area (Å²) in [4.78, 5) is 10.3. The summed E-state index contributed by atoms with van der Waals surface area (Å²) in [5.74, 6) is -0.116. The fourth-order valence-electron chi connectivity index (χ4n) is 2.08. The minimum Gasteiger partial charge on any atom is -0.481 e. The second-order valence-corrected chi connectivity index (χ2v) is 7.16. The molecule has 1 aliphatic heterocycles. The molecule has 0 bridgehead atoms. The van der Waals surface area contributed by atoms with Gasteiger partial charge in [-0.3, -0.25) is 4.79 Å². The number of carboxylic acids is 1. The van der Waals surface area contributed by atoms with Gasteiger partial charge in [-0.25, -0.2) is 8.42 Å². The predicted octanol–water partition coefficient (Wildman–Crippen LogP) is 2.55. The van der Waals surface area contributed by atoms with Gasteiger partial charge in [0, 0.05) is 6.42 Å². The third-order valence-corrected chi connectivity index (χ3v) is 4.90. The highest BCUT2D eigenvalue weighted by Gasteiger charge is 2.18. The van der Waals surface area contributed by atoms with E-state index in [1.165, 1.54) is 5.57 Å². The summed E-state index contributed by atoms with van der Waals surface area (Å²) < 4.78 is 22.4. The third kappa shape index (κ3) is 6.79. The van der Waals surface area contributed by atoms with E-state index in [1.807, 2.05) is 0 Å². The molecule has 0 aromatic carbocycles. The zero-order chi connectivity index (χ0) is 13.4. The van der Waals surface area contributed by atoms with Crippen molar-refractivity contribution < 1.29 is 18.3 Å². The number of carboxylic acid groups (broad SMARTS) is 1. The number of allylic oxidation sites excluding steroid dienone is 2. The fourth-order valence-corrected chi connectivity index (χ4v) is 3.44. The van der Waals surface area contributed by atoms with Crippen molar-refractivity contribution in [1.29, 1.82) is 0 Å². The Morgan fingerprint density at radius 2 is 1.72 bits per heavy atom. The summed E-state index contributed by atoms with van der Waals surface area (Å²) in [7, 11) is -2.76. The Bertz CT molecular complexity index is 379. The molecule has 0 atom stereocenters. The first kappa shape index (κ1) is 15.2. The Kier molecular flexibility index (Phi) is 6.39. The van der Waals surface area contributed by atoms with Gasteiger partial charge < -0.3 is 5.11 Å². The van der Waals surface area contributed by atoms with Crippen LogP contribution in [0.25, 0.3) is 0 Å². The zero-order valence-corrected chi connectivity index (χ0v) is 11.5. The predicted molar refractivity (Wildman–Crippen MR) is 71.3 cm³/mol. The van der Waals surface area contributed by atoms with Crippen LogP contribution in [-0.4, -0.2) is 31.0 Å². The molecule has 1 N–H and O–H groups in total. The molecule has 1 fully saturated rings. The average Bonchev–Trinajstić information content (AvgIpc) is 2.29. The maximum atomic E-state index is 11.2. The molecule has 0 radical (unpaired) electrons. The van der Waals surface area contributed by atoms with Gasteiger partial charge in [-0.1, -0.05) is 24.5 Å². The summed E-state index contributed by atoms with van der Waals surface area (Å²) in [5.41, 5.74) is 1.27. The molecule has 0 amide bonds. The van der Waals surface area contributed by atoms with Gasteiger partial charge in [-0.05, 0) is 32.1 Å². The molecule has 0 aliphatic carbocycles. The lowest BCUT2D eigenvalue weighted by molar-refractivity contribution is -0.137. The molecule has 1 heterocycles. The number of carbonyl (C=O) groups is 1. The van der Waals surface area contributed by atoms with Crippen molar-refractivity contribution >= 4 is 15.8 Å². The highest BCUT2D eigenvalue weighted by molar-refractivity contribution is 7.91. The van der Waals surface area contributed by atoms with Crippen LogP contribution in [0.3, 0.4) is 0 Å². The van der Waals surface area contributed by atoms with E-state index in [0.29, 0.717) is 24.3 Å². The van der Waals surface area contributed by atoms with Crippen LogP contribution in [0, 0.1) is 0 Å². The summed E-state index contributed by atoms with van der Waals surface area (Å²) >= 11 is 0. The molecule has 0 unspecified atom stereocenters. The van der Waals surface area contributed by atoms with Gasteiger partial charge in [0.05, 0.1) is 11.5 Å². The van der Waals surface area contributed by atoms with Crippen molar-refractivity contribution in [3.8, 4) is 0 Å². The van der Waals surface area contributed by atoms with E-state index in [-0.39, 0.29) is 6.42 Å². The van der Waals surface area contributed by atoms with Crippen LogP contribution in [0.4, 0.5) is 0 Å². The van der Waals surface area contributed by atoms with E-state index >= 15 is 0 Å². The van der Waals surface area contributed by atoms with E-state index in [2.05, 4.69) is 6.08 Å². The number of unbranched alkanes of at least 4 members (excludes halogenated alkanes) is 4. The Balaban J connectivity index is 2.05. The van der Waals surface area contributed by atoms with Crippen LogP contribution in [0.1, 0.15) is 51.4 Å². The molecule has 0 aromatic rings. The molecule has 0 saturated carbocycles. The number of aliphatic carboxylic acids is 1. The molecular formula is C13H22O4S. The summed E-state index contributed by atoms with van der Waals surface area (Å²) in [6.45, 7) is 0. The lowest BCUT2D eigenvalue weighted by Gasteiger charge is -2.14. The molecule has 0 aromatic heterocycles. The van der Waals surface area contributed by atoms with E-state index in [0.717, 1.165) is 32.1 Å². The minimum absolute atomic E-state index is 0.263. The van der Waals surface area contributed by atoms with E-state index in [9.17, 15) is 13.2 Å². The normalized spacial score (nSPS) is 18.6. The van der Waals surface area contributed by atoms with Crippen LogP contribution in [0.15, 0.2) is 11.6 Å². The second kappa shape index (κ2) is 7.56. The van der Waals surface area contributed by atoms with Crippen molar-refractivity contribution in [1.82, 2.24) is 0 Å². The summed E-state index contributed by atoms with van der Waals surface area (Å²) in [5, 5.41) is 8.47. The Morgan fingerprint density at radius 1 is 1.11 bits per heavy atom. The molecule has 5 heteroatoms. The van der Waals surface area contributed by atoms with Gasteiger partial charge in [0.15, 0.2) is 9.84 Å². The van der Waals surface area contributed by atoms with E-state index in [1.54, 1.807) is 0 Å².